The van der Waals surface area contributed by atoms with Crippen LogP contribution in [0.1, 0.15) is 49.4 Å². The molecule has 0 spiro atoms. The molecular formula is C25H29NO7. The molecule has 1 amide bonds. The van der Waals surface area contributed by atoms with Crippen molar-refractivity contribution in [1.29, 1.82) is 0 Å². The molecule has 176 valence electrons. The maximum atomic E-state index is 12.0. The van der Waals surface area contributed by atoms with Gasteiger partial charge < -0.3 is 24.2 Å². The van der Waals surface area contributed by atoms with E-state index in [-0.39, 0.29) is 18.5 Å². The molecule has 0 atom stereocenters. The first kappa shape index (κ1) is 24.1. The second-order valence-corrected chi connectivity index (χ2v) is 8.13. The first-order chi connectivity index (χ1) is 15.9. The van der Waals surface area contributed by atoms with Gasteiger partial charge in [0.2, 0.25) is 5.91 Å². The number of benzene rings is 2. The number of methoxy groups -OCH3 is 1. The monoisotopic (exact) mass is 455 g/mol. The van der Waals surface area contributed by atoms with Crippen LogP contribution in [0.5, 0.6) is 17.2 Å². The van der Waals surface area contributed by atoms with Crippen molar-refractivity contribution in [3.8, 4) is 17.2 Å². The number of rotatable bonds is 8. The predicted molar refractivity (Wildman–Crippen MR) is 122 cm³/mol. The Kier molecular flexibility index (Phi) is 8.29. The van der Waals surface area contributed by atoms with Crippen LogP contribution in [0.15, 0.2) is 42.5 Å². The third kappa shape index (κ3) is 6.97. The normalized spacial score (nSPS) is 14.7. The van der Waals surface area contributed by atoms with Crippen molar-refractivity contribution < 1.29 is 33.7 Å². The van der Waals surface area contributed by atoms with Crippen LogP contribution >= 0.6 is 0 Å². The van der Waals surface area contributed by atoms with Crippen LogP contribution < -0.4 is 14.4 Å². The minimum atomic E-state index is -0.438. The summed E-state index contributed by atoms with van der Waals surface area (Å²) in [5, 5.41) is 6.89. The fourth-order valence-corrected chi connectivity index (χ4v) is 3.42. The third-order valence-corrected chi connectivity index (χ3v) is 5.56. The number of nitrogens with zero attached hydrogens (tertiary/aromatic N) is 1. The number of carbonyl (C=O) groups is 3. The van der Waals surface area contributed by atoms with Gasteiger partial charge in [-0.3, -0.25) is 9.59 Å². The number of esters is 1. The molecule has 1 N–H and O–H groups in total. The van der Waals surface area contributed by atoms with E-state index in [1.54, 1.807) is 25.1 Å². The van der Waals surface area contributed by atoms with Gasteiger partial charge in [-0.1, -0.05) is 0 Å². The van der Waals surface area contributed by atoms with Crippen molar-refractivity contribution in [2.75, 3.05) is 18.6 Å². The lowest BCUT2D eigenvalue weighted by molar-refractivity contribution is -0.123. The molecule has 0 radical (unpaired) electrons. The van der Waals surface area contributed by atoms with Gasteiger partial charge in [-0.05, 0) is 74.4 Å². The molecule has 0 unspecified atom stereocenters. The molecule has 2 aromatic rings. The standard InChI is InChI=1S/C24H27NO5.CH2O2/c1-16(26)25(15-17-6-7-17)19-8-10-21(11-9-19)30-23-13-18(24(27)28-2)12-22(14-23)29-20-4-3-5-20;2-1-3/h8-14,17,20H,3-7,15H2,1-2H3;1H,(H,2,3). The number of carbonyl (C=O) groups excluding carboxylic acids is 2. The zero-order valence-corrected chi connectivity index (χ0v) is 18.9. The Bertz CT molecular complexity index is 965. The summed E-state index contributed by atoms with van der Waals surface area (Å²) in [5.74, 6) is 1.93. The Morgan fingerprint density at radius 1 is 1.03 bits per heavy atom. The van der Waals surface area contributed by atoms with E-state index in [0.717, 1.165) is 31.5 Å². The molecule has 2 aliphatic rings. The van der Waals surface area contributed by atoms with E-state index in [1.165, 1.54) is 20.0 Å². The van der Waals surface area contributed by atoms with E-state index in [4.69, 9.17) is 24.1 Å². The summed E-state index contributed by atoms with van der Waals surface area (Å²) in [6, 6.07) is 12.5. The first-order valence-electron chi connectivity index (χ1n) is 11.0. The molecule has 0 aromatic heterocycles. The van der Waals surface area contributed by atoms with Gasteiger partial charge in [0, 0.05) is 25.2 Å². The lowest BCUT2D eigenvalue weighted by Gasteiger charge is -2.26. The maximum Gasteiger partial charge on any atom is 0.338 e. The van der Waals surface area contributed by atoms with Crippen molar-refractivity contribution in [2.24, 2.45) is 5.92 Å². The highest BCUT2D eigenvalue weighted by Gasteiger charge is 2.26. The van der Waals surface area contributed by atoms with Crippen LogP contribution in [0.4, 0.5) is 5.69 Å². The van der Waals surface area contributed by atoms with Gasteiger partial charge >= 0.3 is 5.97 Å². The number of hydrogen-bond acceptors (Lipinski definition) is 6. The quantitative estimate of drug-likeness (QED) is 0.456. The summed E-state index contributed by atoms with van der Waals surface area (Å²) in [7, 11) is 1.35. The minimum Gasteiger partial charge on any atom is -0.490 e. The van der Waals surface area contributed by atoms with E-state index < -0.39 is 5.97 Å². The molecule has 2 fully saturated rings. The van der Waals surface area contributed by atoms with E-state index in [2.05, 4.69) is 0 Å². The Morgan fingerprint density at radius 2 is 1.67 bits per heavy atom. The zero-order chi connectivity index (χ0) is 23.8. The van der Waals surface area contributed by atoms with E-state index in [9.17, 15) is 9.59 Å². The molecule has 2 aromatic carbocycles. The molecule has 8 heteroatoms. The average Bonchev–Trinajstić information content (AvgIpc) is 3.59. The van der Waals surface area contributed by atoms with Crippen LogP contribution in [0.3, 0.4) is 0 Å². The molecule has 33 heavy (non-hydrogen) atoms. The molecule has 8 nitrogen and oxygen atoms in total. The molecule has 2 saturated carbocycles. The number of carboxylic acid groups (broad SMARTS) is 1. The Morgan fingerprint density at radius 3 is 2.18 bits per heavy atom. The summed E-state index contributed by atoms with van der Waals surface area (Å²) in [6.07, 6.45) is 5.77. The second kappa shape index (κ2) is 11.4. The van der Waals surface area contributed by atoms with Crippen molar-refractivity contribution in [3.63, 3.8) is 0 Å². The number of ether oxygens (including phenoxy) is 3. The predicted octanol–water partition coefficient (Wildman–Crippen LogP) is 4.66. The Balaban J connectivity index is 0.000000968. The summed E-state index contributed by atoms with van der Waals surface area (Å²) < 4.78 is 16.8. The van der Waals surface area contributed by atoms with E-state index in [1.807, 2.05) is 29.2 Å². The highest BCUT2D eigenvalue weighted by atomic mass is 16.5. The van der Waals surface area contributed by atoms with Gasteiger partial charge in [-0.15, -0.1) is 0 Å². The average molecular weight is 456 g/mol. The van der Waals surface area contributed by atoms with Gasteiger partial charge in [0.05, 0.1) is 18.8 Å². The van der Waals surface area contributed by atoms with Crippen molar-refractivity contribution in [2.45, 2.75) is 45.1 Å². The topological polar surface area (TPSA) is 102 Å². The van der Waals surface area contributed by atoms with Crippen LogP contribution in [-0.2, 0) is 14.3 Å². The summed E-state index contributed by atoms with van der Waals surface area (Å²) in [5.41, 5.74) is 1.24. The first-order valence-corrected chi connectivity index (χ1v) is 11.0. The van der Waals surface area contributed by atoms with Crippen LogP contribution in [0.25, 0.3) is 0 Å². The molecule has 0 aliphatic heterocycles. The number of amides is 1. The summed E-state index contributed by atoms with van der Waals surface area (Å²) in [6.45, 7) is 2.10. The highest BCUT2D eigenvalue weighted by Crippen LogP contribution is 2.34. The number of anilines is 1. The smallest absolute Gasteiger partial charge is 0.338 e. The van der Waals surface area contributed by atoms with Crippen molar-refractivity contribution in [3.05, 3.63) is 48.0 Å². The molecule has 2 aliphatic carbocycles. The minimum absolute atomic E-state index is 0.0409. The van der Waals surface area contributed by atoms with E-state index >= 15 is 0 Å². The Hall–Kier alpha value is -3.55. The van der Waals surface area contributed by atoms with Crippen LogP contribution in [0, 0.1) is 5.92 Å². The van der Waals surface area contributed by atoms with Crippen LogP contribution in [0.2, 0.25) is 0 Å². The van der Waals surface area contributed by atoms with Gasteiger partial charge in [0.15, 0.2) is 0 Å². The lowest BCUT2D eigenvalue weighted by Crippen LogP contribution is -2.30. The zero-order valence-electron chi connectivity index (χ0n) is 18.9. The van der Waals surface area contributed by atoms with Crippen molar-refractivity contribution in [1.82, 2.24) is 0 Å². The van der Waals surface area contributed by atoms with Gasteiger partial charge in [0.1, 0.15) is 17.2 Å². The fraction of sp³-hybridized carbons (Fsp3) is 0.400. The SMILES string of the molecule is COC(=O)c1cc(Oc2ccc(N(CC3CC3)C(C)=O)cc2)cc(OC2CCC2)c1.O=CO. The van der Waals surface area contributed by atoms with Gasteiger partial charge in [0.25, 0.3) is 6.47 Å². The third-order valence-electron chi connectivity index (χ3n) is 5.56. The maximum absolute atomic E-state index is 12.0. The van der Waals surface area contributed by atoms with Gasteiger partial charge in [-0.25, -0.2) is 4.79 Å². The highest BCUT2D eigenvalue weighted by molar-refractivity contribution is 5.91. The van der Waals surface area contributed by atoms with Crippen molar-refractivity contribution >= 4 is 24.0 Å². The Labute approximate surface area is 193 Å². The summed E-state index contributed by atoms with van der Waals surface area (Å²) in [4.78, 5) is 34.2. The lowest BCUT2D eigenvalue weighted by atomic mass is 9.96. The molecule has 0 saturated heterocycles. The molecular weight excluding hydrogens is 426 g/mol. The largest absolute Gasteiger partial charge is 0.490 e. The number of hydrogen-bond donors (Lipinski definition) is 1. The van der Waals surface area contributed by atoms with Crippen LogP contribution in [-0.4, -0.2) is 43.2 Å². The second-order valence-electron chi connectivity index (χ2n) is 8.13. The van der Waals surface area contributed by atoms with E-state index in [0.29, 0.717) is 28.7 Å². The molecule has 0 bridgehead atoms. The molecule has 0 heterocycles. The van der Waals surface area contributed by atoms with Gasteiger partial charge in [-0.2, -0.15) is 0 Å². The molecule has 4 rings (SSSR count). The fourth-order valence-electron chi connectivity index (χ4n) is 3.42. The summed E-state index contributed by atoms with van der Waals surface area (Å²) >= 11 is 0.